The van der Waals surface area contributed by atoms with Crippen LogP contribution in [0, 0.1) is 11.8 Å². The third-order valence-corrected chi connectivity index (χ3v) is 3.74. The maximum atomic E-state index is 4.16. The highest BCUT2D eigenvalue weighted by molar-refractivity contribution is 5.02. The van der Waals surface area contributed by atoms with Gasteiger partial charge in [0, 0.05) is 25.8 Å². The molecule has 1 aromatic rings. The molecule has 2 saturated carbocycles. The number of aryl methyl sites for hydroxylation is 1. The van der Waals surface area contributed by atoms with Gasteiger partial charge < -0.3 is 5.32 Å². The van der Waals surface area contributed by atoms with Crippen molar-refractivity contribution >= 4 is 0 Å². The Morgan fingerprint density at radius 3 is 2.86 bits per heavy atom. The van der Waals surface area contributed by atoms with Gasteiger partial charge in [0.1, 0.15) is 0 Å². The fourth-order valence-electron chi connectivity index (χ4n) is 2.71. The summed E-state index contributed by atoms with van der Waals surface area (Å²) in [6.07, 6.45) is 6.18. The number of fused-ring (bicyclic) bond motifs is 1. The third kappa shape index (κ3) is 1.46. The first-order valence-corrected chi connectivity index (χ1v) is 5.53. The molecule has 2 fully saturated rings. The zero-order chi connectivity index (χ0) is 9.54. The molecule has 0 spiro atoms. The highest BCUT2D eigenvalue weighted by Gasteiger charge is 2.45. The summed E-state index contributed by atoms with van der Waals surface area (Å²) in [7, 11) is 2.00. The molecule has 0 radical (unpaired) electrons. The lowest BCUT2D eigenvalue weighted by molar-refractivity contribution is 0.469. The van der Waals surface area contributed by atoms with Crippen molar-refractivity contribution in [1.82, 2.24) is 15.1 Å². The maximum absolute atomic E-state index is 4.16. The first-order valence-electron chi connectivity index (χ1n) is 5.53. The first kappa shape index (κ1) is 8.48. The van der Waals surface area contributed by atoms with E-state index in [9.17, 15) is 0 Å². The second-order valence-electron chi connectivity index (χ2n) is 4.75. The zero-order valence-electron chi connectivity index (χ0n) is 8.61. The molecule has 2 unspecified atom stereocenters. The molecule has 1 heterocycles. The molecule has 2 atom stereocenters. The number of nitrogens with one attached hydrogen (secondary N) is 1. The van der Waals surface area contributed by atoms with Gasteiger partial charge in [-0.25, -0.2) is 0 Å². The number of nitrogens with zero attached hydrogens (tertiary/aromatic N) is 2. The van der Waals surface area contributed by atoms with Crippen molar-refractivity contribution in [2.75, 3.05) is 0 Å². The molecule has 0 aliphatic heterocycles. The maximum Gasteiger partial charge on any atom is 0.0518 e. The SMILES string of the molecule is Cn1nccc1CNC1CC2CC2C1. The van der Waals surface area contributed by atoms with Crippen LogP contribution in [0.25, 0.3) is 0 Å². The predicted octanol–water partition coefficient (Wildman–Crippen LogP) is 1.31. The molecule has 1 aromatic heterocycles. The Bertz CT molecular complexity index is 321. The highest BCUT2D eigenvalue weighted by atomic mass is 15.3. The summed E-state index contributed by atoms with van der Waals surface area (Å²) in [5.41, 5.74) is 1.28. The van der Waals surface area contributed by atoms with E-state index in [0.29, 0.717) is 0 Å². The van der Waals surface area contributed by atoms with E-state index in [2.05, 4.69) is 16.5 Å². The van der Waals surface area contributed by atoms with Gasteiger partial charge in [-0.1, -0.05) is 0 Å². The first-order chi connectivity index (χ1) is 6.83. The molecule has 0 bridgehead atoms. The number of aromatic nitrogens is 2. The van der Waals surface area contributed by atoms with Crippen molar-refractivity contribution in [3.63, 3.8) is 0 Å². The quantitative estimate of drug-likeness (QED) is 0.780. The van der Waals surface area contributed by atoms with Gasteiger partial charge in [0.05, 0.1) is 5.69 Å². The van der Waals surface area contributed by atoms with Crippen LogP contribution in [0.2, 0.25) is 0 Å². The van der Waals surface area contributed by atoms with E-state index in [0.717, 1.165) is 24.4 Å². The van der Waals surface area contributed by atoms with Crippen molar-refractivity contribution in [1.29, 1.82) is 0 Å². The van der Waals surface area contributed by atoms with Gasteiger partial charge in [-0.3, -0.25) is 4.68 Å². The van der Waals surface area contributed by atoms with Gasteiger partial charge in [-0.2, -0.15) is 5.10 Å². The average Bonchev–Trinajstić information content (AvgIpc) is 2.61. The summed E-state index contributed by atoms with van der Waals surface area (Å²) in [6, 6.07) is 2.86. The minimum Gasteiger partial charge on any atom is -0.308 e. The van der Waals surface area contributed by atoms with Gasteiger partial charge in [-0.15, -0.1) is 0 Å². The van der Waals surface area contributed by atoms with Crippen LogP contribution < -0.4 is 5.32 Å². The molecular formula is C11H17N3. The Kier molecular flexibility index (Phi) is 1.87. The Labute approximate surface area is 84.5 Å². The Balaban J connectivity index is 1.52. The minimum atomic E-state index is 0.772. The van der Waals surface area contributed by atoms with Crippen molar-refractivity contribution < 1.29 is 0 Å². The number of hydrogen-bond donors (Lipinski definition) is 1. The summed E-state index contributed by atoms with van der Waals surface area (Å²) in [6.45, 7) is 0.973. The normalized spacial score (nSPS) is 34.5. The minimum absolute atomic E-state index is 0.772. The van der Waals surface area contributed by atoms with Crippen LogP contribution in [0.3, 0.4) is 0 Å². The average molecular weight is 191 g/mol. The van der Waals surface area contributed by atoms with Crippen LogP contribution in [0.4, 0.5) is 0 Å². The Morgan fingerprint density at radius 2 is 2.21 bits per heavy atom. The molecular weight excluding hydrogens is 174 g/mol. The van der Waals surface area contributed by atoms with E-state index >= 15 is 0 Å². The van der Waals surface area contributed by atoms with Crippen molar-refractivity contribution in [3.8, 4) is 0 Å². The van der Waals surface area contributed by atoms with E-state index in [1.807, 2.05) is 17.9 Å². The predicted molar refractivity (Wildman–Crippen MR) is 54.7 cm³/mol. The molecule has 3 heteroatoms. The summed E-state index contributed by atoms with van der Waals surface area (Å²) in [5, 5.41) is 7.79. The number of rotatable bonds is 3. The van der Waals surface area contributed by atoms with Crippen LogP contribution in [0.1, 0.15) is 25.0 Å². The molecule has 0 amide bonds. The molecule has 1 N–H and O–H groups in total. The smallest absolute Gasteiger partial charge is 0.0518 e. The lowest BCUT2D eigenvalue weighted by Crippen LogP contribution is -2.27. The monoisotopic (exact) mass is 191 g/mol. The molecule has 14 heavy (non-hydrogen) atoms. The zero-order valence-corrected chi connectivity index (χ0v) is 8.61. The van der Waals surface area contributed by atoms with E-state index in [1.54, 1.807) is 0 Å². The summed E-state index contributed by atoms with van der Waals surface area (Å²) >= 11 is 0. The van der Waals surface area contributed by atoms with E-state index < -0.39 is 0 Å². The summed E-state index contributed by atoms with van der Waals surface area (Å²) in [5.74, 6) is 2.14. The van der Waals surface area contributed by atoms with E-state index in [4.69, 9.17) is 0 Å². The van der Waals surface area contributed by atoms with Gasteiger partial charge >= 0.3 is 0 Å². The second-order valence-corrected chi connectivity index (χ2v) is 4.75. The van der Waals surface area contributed by atoms with Crippen LogP contribution in [0.15, 0.2) is 12.3 Å². The molecule has 3 rings (SSSR count). The standard InChI is InChI=1S/C11H17N3/c1-14-11(2-3-13-14)7-12-10-5-8-4-9(8)6-10/h2-3,8-10,12H,4-7H2,1H3. The summed E-state index contributed by atoms with van der Waals surface area (Å²) < 4.78 is 1.95. The van der Waals surface area contributed by atoms with Crippen molar-refractivity contribution in [2.45, 2.75) is 31.8 Å². The molecule has 3 nitrogen and oxygen atoms in total. The topological polar surface area (TPSA) is 29.9 Å². The van der Waals surface area contributed by atoms with Gasteiger partial charge in [0.15, 0.2) is 0 Å². The van der Waals surface area contributed by atoms with Gasteiger partial charge in [-0.05, 0) is 37.2 Å². The second kappa shape index (κ2) is 3.09. The van der Waals surface area contributed by atoms with E-state index in [-0.39, 0.29) is 0 Å². The third-order valence-electron chi connectivity index (χ3n) is 3.74. The van der Waals surface area contributed by atoms with Crippen molar-refractivity contribution in [2.24, 2.45) is 18.9 Å². The summed E-state index contributed by atoms with van der Waals surface area (Å²) in [4.78, 5) is 0. The fraction of sp³-hybridized carbons (Fsp3) is 0.727. The lowest BCUT2D eigenvalue weighted by Gasteiger charge is -2.13. The van der Waals surface area contributed by atoms with Crippen LogP contribution in [0.5, 0.6) is 0 Å². The highest BCUT2D eigenvalue weighted by Crippen LogP contribution is 2.51. The van der Waals surface area contributed by atoms with Crippen molar-refractivity contribution in [3.05, 3.63) is 18.0 Å². The largest absolute Gasteiger partial charge is 0.308 e. The molecule has 2 aliphatic carbocycles. The van der Waals surface area contributed by atoms with Gasteiger partial charge in [0.2, 0.25) is 0 Å². The molecule has 76 valence electrons. The van der Waals surface area contributed by atoms with Crippen LogP contribution in [-0.2, 0) is 13.6 Å². The van der Waals surface area contributed by atoms with Crippen LogP contribution >= 0.6 is 0 Å². The van der Waals surface area contributed by atoms with Gasteiger partial charge in [0.25, 0.3) is 0 Å². The Hall–Kier alpha value is -0.830. The van der Waals surface area contributed by atoms with E-state index in [1.165, 1.54) is 25.0 Å². The molecule has 0 aromatic carbocycles. The lowest BCUT2D eigenvalue weighted by atomic mass is 10.1. The fourth-order valence-corrected chi connectivity index (χ4v) is 2.71. The molecule has 2 aliphatic rings. The molecule has 0 saturated heterocycles. The Morgan fingerprint density at radius 1 is 1.43 bits per heavy atom. The van der Waals surface area contributed by atoms with Crippen LogP contribution in [-0.4, -0.2) is 15.8 Å². The number of hydrogen-bond acceptors (Lipinski definition) is 2.